The average molecular weight is 347 g/mol. The molecule has 0 bridgehead atoms. The summed E-state index contributed by atoms with van der Waals surface area (Å²) in [6.45, 7) is 9.12. The van der Waals surface area contributed by atoms with Crippen LogP contribution >= 0.6 is 0 Å². The Morgan fingerprint density at radius 3 is 2.58 bits per heavy atom. The third-order valence-corrected chi connectivity index (χ3v) is 5.20. The van der Waals surface area contributed by atoms with Crippen LogP contribution in [0.25, 0.3) is 0 Å². The van der Waals surface area contributed by atoms with Gasteiger partial charge in [-0.25, -0.2) is 4.99 Å². The average Bonchev–Trinajstić information content (AvgIpc) is 2.68. The molecule has 0 saturated carbocycles. The molecule has 4 rings (SSSR count). The molecule has 0 aromatic heterocycles. The minimum absolute atomic E-state index is 0.195. The third-order valence-electron chi connectivity index (χ3n) is 5.20. The summed E-state index contributed by atoms with van der Waals surface area (Å²) in [5.74, 6) is 2.11. The molecule has 0 radical (unpaired) electrons. The van der Waals surface area contributed by atoms with Gasteiger partial charge in [0.25, 0.3) is 0 Å². The first kappa shape index (κ1) is 16.8. The third kappa shape index (κ3) is 2.79. The lowest BCUT2D eigenvalue weighted by molar-refractivity contribution is 0.439. The van der Waals surface area contributed by atoms with Crippen LogP contribution in [0.15, 0.2) is 64.3 Å². The summed E-state index contributed by atoms with van der Waals surface area (Å²) in [5, 5.41) is 0. The number of nitrogens with zero attached hydrogens (tertiary/aromatic N) is 3. The molecule has 4 nitrogen and oxygen atoms in total. The molecule has 1 aliphatic heterocycles. The van der Waals surface area contributed by atoms with Crippen molar-refractivity contribution in [2.75, 3.05) is 24.5 Å². The van der Waals surface area contributed by atoms with E-state index in [0.29, 0.717) is 0 Å². The highest BCUT2D eigenvalue weighted by Crippen LogP contribution is 2.42. The van der Waals surface area contributed by atoms with E-state index in [2.05, 4.69) is 74.3 Å². The Hall–Kier alpha value is -2.62. The Morgan fingerprint density at radius 1 is 1.08 bits per heavy atom. The van der Waals surface area contributed by atoms with Crippen molar-refractivity contribution in [3.63, 3.8) is 0 Å². The summed E-state index contributed by atoms with van der Waals surface area (Å²) in [6.07, 6.45) is 10.7. The monoisotopic (exact) mass is 347 g/mol. The molecule has 0 fully saturated rings. The van der Waals surface area contributed by atoms with E-state index in [1.807, 2.05) is 0 Å². The second-order valence-electron chi connectivity index (χ2n) is 6.65. The van der Waals surface area contributed by atoms with E-state index in [0.717, 1.165) is 48.3 Å². The fraction of sp³-hybridized carbons (Fsp3) is 0.364. The lowest BCUT2D eigenvalue weighted by atomic mass is 9.76. The van der Waals surface area contributed by atoms with Gasteiger partial charge in [-0.3, -0.25) is 4.99 Å². The topological polar surface area (TPSA) is 37.2 Å². The molecular weight excluding hydrogens is 322 g/mol. The Balaban J connectivity index is 1.78. The van der Waals surface area contributed by atoms with Crippen LogP contribution in [0.3, 0.4) is 0 Å². The first-order chi connectivity index (χ1) is 12.7. The Bertz CT molecular complexity index is 856. The van der Waals surface area contributed by atoms with Crippen molar-refractivity contribution in [2.24, 2.45) is 21.8 Å². The fourth-order valence-corrected chi connectivity index (χ4v) is 3.88. The number of rotatable bonds is 4. The molecule has 1 heterocycles. The predicted molar refractivity (Wildman–Crippen MR) is 109 cm³/mol. The van der Waals surface area contributed by atoms with Gasteiger partial charge in [-0.1, -0.05) is 24.3 Å². The maximum Gasteiger partial charge on any atom is 0.155 e. The second kappa shape index (κ2) is 6.94. The molecule has 0 saturated heterocycles. The zero-order valence-electron chi connectivity index (χ0n) is 15.6. The Labute approximate surface area is 155 Å². The molecule has 2 aliphatic carbocycles. The van der Waals surface area contributed by atoms with Gasteiger partial charge < -0.3 is 9.64 Å². The lowest BCUT2D eigenvalue weighted by Crippen LogP contribution is -2.36. The lowest BCUT2D eigenvalue weighted by Gasteiger charge is -2.34. The van der Waals surface area contributed by atoms with Gasteiger partial charge in [0, 0.05) is 55.0 Å². The fourth-order valence-electron chi connectivity index (χ4n) is 3.88. The summed E-state index contributed by atoms with van der Waals surface area (Å²) in [4.78, 5) is 12.0. The van der Waals surface area contributed by atoms with Crippen LogP contribution in [-0.2, 0) is 0 Å². The quantitative estimate of drug-likeness (QED) is 0.791. The highest BCUT2D eigenvalue weighted by Gasteiger charge is 2.36. The highest BCUT2D eigenvalue weighted by molar-refractivity contribution is 6.17. The maximum absolute atomic E-state index is 6.31. The summed E-state index contributed by atoms with van der Waals surface area (Å²) >= 11 is 0. The number of ether oxygens (including phenoxy) is 1. The number of aliphatic imine (C=N–C) groups is 2. The van der Waals surface area contributed by atoms with E-state index in [9.17, 15) is 0 Å². The molecule has 0 N–H and O–H groups in total. The van der Waals surface area contributed by atoms with Crippen LogP contribution in [0.5, 0.6) is 5.75 Å². The van der Waals surface area contributed by atoms with Gasteiger partial charge in [0.1, 0.15) is 5.69 Å². The normalized spacial score (nSPS) is 24.2. The van der Waals surface area contributed by atoms with Crippen LogP contribution in [0, 0.1) is 11.8 Å². The summed E-state index contributed by atoms with van der Waals surface area (Å²) in [7, 11) is 0. The Morgan fingerprint density at radius 2 is 1.85 bits per heavy atom. The molecule has 2 unspecified atom stereocenters. The van der Waals surface area contributed by atoms with E-state index in [1.54, 1.807) is 0 Å². The summed E-state index contributed by atoms with van der Waals surface area (Å²) in [6, 6.07) is 6.30. The number of fused-ring (bicyclic) bond motifs is 4. The van der Waals surface area contributed by atoms with Gasteiger partial charge in [-0.2, -0.15) is 0 Å². The van der Waals surface area contributed by atoms with Crippen molar-refractivity contribution >= 4 is 22.8 Å². The van der Waals surface area contributed by atoms with Crippen molar-refractivity contribution < 1.29 is 4.74 Å². The van der Waals surface area contributed by atoms with Crippen LogP contribution in [0.1, 0.15) is 20.8 Å². The van der Waals surface area contributed by atoms with Crippen LogP contribution in [0.4, 0.5) is 11.4 Å². The van der Waals surface area contributed by atoms with Gasteiger partial charge in [0.2, 0.25) is 0 Å². The van der Waals surface area contributed by atoms with Gasteiger partial charge in [0.15, 0.2) is 11.5 Å². The molecule has 4 heteroatoms. The van der Waals surface area contributed by atoms with Crippen molar-refractivity contribution in [1.82, 2.24) is 0 Å². The van der Waals surface area contributed by atoms with Gasteiger partial charge in [0.05, 0.1) is 5.71 Å². The van der Waals surface area contributed by atoms with Crippen molar-refractivity contribution in [3.8, 4) is 5.75 Å². The largest absolute Gasteiger partial charge is 0.453 e. The molecule has 3 aliphatic rings. The van der Waals surface area contributed by atoms with E-state index in [4.69, 9.17) is 14.7 Å². The van der Waals surface area contributed by atoms with Crippen molar-refractivity contribution in [3.05, 3.63) is 54.3 Å². The maximum atomic E-state index is 6.31. The molecular formula is C22H25N3O. The van der Waals surface area contributed by atoms with Crippen molar-refractivity contribution in [2.45, 2.75) is 20.8 Å². The first-order valence-corrected chi connectivity index (χ1v) is 9.52. The van der Waals surface area contributed by atoms with Crippen LogP contribution < -0.4 is 9.64 Å². The minimum atomic E-state index is 0.195. The molecule has 0 amide bonds. The molecule has 0 spiro atoms. The Kier molecular flexibility index (Phi) is 4.49. The van der Waals surface area contributed by atoms with E-state index in [-0.39, 0.29) is 11.8 Å². The zero-order valence-corrected chi connectivity index (χ0v) is 15.6. The predicted octanol–water partition coefficient (Wildman–Crippen LogP) is 4.71. The number of hydrogen-bond acceptors (Lipinski definition) is 4. The van der Waals surface area contributed by atoms with E-state index < -0.39 is 0 Å². The molecule has 1 aromatic carbocycles. The van der Waals surface area contributed by atoms with Crippen LogP contribution in [0.2, 0.25) is 0 Å². The van der Waals surface area contributed by atoms with Gasteiger partial charge >= 0.3 is 0 Å². The highest BCUT2D eigenvalue weighted by atomic mass is 16.5. The first-order valence-electron chi connectivity index (χ1n) is 9.52. The van der Waals surface area contributed by atoms with Crippen molar-refractivity contribution in [1.29, 1.82) is 0 Å². The van der Waals surface area contributed by atoms with Gasteiger partial charge in [-0.15, -0.1) is 0 Å². The molecule has 1 aromatic rings. The smallest absolute Gasteiger partial charge is 0.155 e. The molecule has 134 valence electrons. The van der Waals surface area contributed by atoms with Crippen LogP contribution in [-0.4, -0.2) is 31.1 Å². The number of hydrogen-bond donors (Lipinski definition) is 0. The number of benzene rings is 1. The summed E-state index contributed by atoms with van der Waals surface area (Å²) < 4.78 is 6.31. The molecule has 26 heavy (non-hydrogen) atoms. The standard InChI is InChI=1S/C22H25N3O/c1-4-23-19-14-21-22(17-10-8-7-9-16(17)19)24-18-12-11-15(13-20(18)26-21)25(5-2)6-3/h7-14,16-17H,4-6H2,1-3H3. The van der Waals surface area contributed by atoms with E-state index in [1.165, 1.54) is 5.69 Å². The van der Waals surface area contributed by atoms with Gasteiger partial charge in [-0.05, 0) is 32.9 Å². The molecule has 2 atom stereocenters. The number of allylic oxidation sites excluding steroid dienone is 6. The van der Waals surface area contributed by atoms with E-state index >= 15 is 0 Å². The zero-order chi connectivity index (χ0) is 18.1. The second-order valence-corrected chi connectivity index (χ2v) is 6.65. The summed E-state index contributed by atoms with van der Waals surface area (Å²) in [5.41, 5.74) is 4.17. The number of anilines is 1. The minimum Gasteiger partial charge on any atom is -0.453 e. The SMILES string of the molecule is CCN=C1C=C2Oc3cc(N(CC)CC)ccc3N=C2C2C=CC=CC12.